The maximum Gasteiger partial charge on any atom is 0.243 e. The summed E-state index contributed by atoms with van der Waals surface area (Å²) in [6.45, 7) is 0.258. The Hall–Kier alpha value is -2.20. The number of carbonyl (C=O) groups excluding carboxylic acids is 1. The maximum absolute atomic E-state index is 12.0. The molecule has 0 aromatic heterocycles. The maximum atomic E-state index is 12.0. The number of carbonyl (C=O) groups is 1. The first-order valence-corrected chi connectivity index (χ1v) is 6.87. The van der Waals surface area contributed by atoms with Crippen LogP contribution in [0.1, 0.15) is 0 Å². The molecule has 0 saturated heterocycles. The minimum atomic E-state index is -0.109. The fourth-order valence-corrected chi connectivity index (χ4v) is 2.19. The van der Waals surface area contributed by atoms with Gasteiger partial charge in [0.1, 0.15) is 5.75 Å². The van der Waals surface area contributed by atoms with E-state index < -0.39 is 0 Å². The van der Waals surface area contributed by atoms with Crippen molar-refractivity contribution in [1.82, 2.24) is 0 Å². The summed E-state index contributed by atoms with van der Waals surface area (Å²) in [6.07, 6.45) is 0. The number of methoxy groups -OCH3 is 1. The summed E-state index contributed by atoms with van der Waals surface area (Å²) < 4.78 is 5.07. The van der Waals surface area contributed by atoms with E-state index in [2.05, 4.69) is 5.32 Å². The largest absolute Gasteiger partial charge is 0.495 e. The molecule has 5 heteroatoms. The van der Waals surface area contributed by atoms with E-state index in [1.807, 2.05) is 42.3 Å². The molecule has 0 saturated carbocycles. The van der Waals surface area contributed by atoms with Crippen LogP contribution >= 0.6 is 11.6 Å². The van der Waals surface area contributed by atoms with Crippen LogP contribution in [-0.2, 0) is 4.79 Å². The fraction of sp³-hybridized carbons (Fsp3) is 0.188. The van der Waals surface area contributed by atoms with Gasteiger partial charge < -0.3 is 15.0 Å². The van der Waals surface area contributed by atoms with Gasteiger partial charge in [0.05, 0.1) is 18.7 Å². The lowest BCUT2D eigenvalue weighted by atomic mass is 10.3. The highest BCUT2D eigenvalue weighted by Gasteiger charge is 2.09. The quantitative estimate of drug-likeness (QED) is 0.920. The highest BCUT2D eigenvalue weighted by molar-refractivity contribution is 6.32. The van der Waals surface area contributed by atoms with E-state index in [9.17, 15) is 4.79 Å². The SMILES string of the molecule is COc1ccc(NC(=O)CN(C)c2ccccc2)cc1Cl. The van der Waals surface area contributed by atoms with Gasteiger partial charge in [-0.05, 0) is 30.3 Å². The Labute approximate surface area is 129 Å². The van der Waals surface area contributed by atoms with Gasteiger partial charge in [0.15, 0.2) is 0 Å². The van der Waals surface area contributed by atoms with Crippen molar-refractivity contribution in [1.29, 1.82) is 0 Å². The number of rotatable bonds is 5. The van der Waals surface area contributed by atoms with Crippen LogP contribution in [0.5, 0.6) is 5.75 Å². The van der Waals surface area contributed by atoms with E-state index in [1.54, 1.807) is 25.3 Å². The molecule has 2 rings (SSSR count). The first-order valence-electron chi connectivity index (χ1n) is 6.49. The molecule has 1 amide bonds. The standard InChI is InChI=1S/C16H17ClN2O2/c1-19(13-6-4-3-5-7-13)11-16(20)18-12-8-9-15(21-2)14(17)10-12/h3-10H,11H2,1-2H3,(H,18,20). The molecule has 0 aliphatic carbocycles. The van der Waals surface area contributed by atoms with Gasteiger partial charge in [-0.3, -0.25) is 4.79 Å². The van der Waals surface area contributed by atoms with Gasteiger partial charge >= 0.3 is 0 Å². The molecule has 0 fully saturated rings. The number of amides is 1. The number of para-hydroxylation sites is 1. The number of benzene rings is 2. The summed E-state index contributed by atoms with van der Waals surface area (Å²) in [5.74, 6) is 0.471. The average Bonchev–Trinajstić information content (AvgIpc) is 2.48. The molecule has 0 aliphatic rings. The first-order chi connectivity index (χ1) is 10.1. The van der Waals surface area contributed by atoms with Crippen LogP contribution in [0.15, 0.2) is 48.5 Å². The number of anilines is 2. The predicted molar refractivity (Wildman–Crippen MR) is 86.3 cm³/mol. The zero-order chi connectivity index (χ0) is 15.2. The molecule has 0 unspecified atom stereocenters. The summed E-state index contributed by atoms with van der Waals surface area (Å²) in [5.41, 5.74) is 1.63. The summed E-state index contributed by atoms with van der Waals surface area (Å²) in [6, 6.07) is 14.9. The second kappa shape index (κ2) is 6.99. The minimum Gasteiger partial charge on any atom is -0.495 e. The molecule has 0 atom stereocenters. The van der Waals surface area contributed by atoms with Gasteiger partial charge in [-0.2, -0.15) is 0 Å². The van der Waals surface area contributed by atoms with Crippen LogP contribution in [0.25, 0.3) is 0 Å². The van der Waals surface area contributed by atoms with Gasteiger partial charge in [-0.15, -0.1) is 0 Å². The zero-order valence-corrected chi connectivity index (χ0v) is 12.7. The molecule has 0 bridgehead atoms. The molecule has 21 heavy (non-hydrogen) atoms. The Morgan fingerprint density at radius 1 is 1.24 bits per heavy atom. The Kier molecular flexibility index (Phi) is 5.06. The van der Waals surface area contributed by atoms with Crippen LogP contribution in [0, 0.1) is 0 Å². The van der Waals surface area contributed by atoms with Crippen molar-refractivity contribution < 1.29 is 9.53 Å². The van der Waals surface area contributed by atoms with Crippen LogP contribution in [-0.4, -0.2) is 26.6 Å². The number of ether oxygens (including phenoxy) is 1. The smallest absolute Gasteiger partial charge is 0.243 e. The Morgan fingerprint density at radius 2 is 1.95 bits per heavy atom. The van der Waals surface area contributed by atoms with E-state index in [-0.39, 0.29) is 12.5 Å². The molecule has 0 spiro atoms. The van der Waals surface area contributed by atoms with E-state index in [0.29, 0.717) is 16.5 Å². The summed E-state index contributed by atoms with van der Waals surface area (Å²) in [4.78, 5) is 13.9. The zero-order valence-electron chi connectivity index (χ0n) is 12.0. The van der Waals surface area contributed by atoms with Crippen molar-refractivity contribution in [2.24, 2.45) is 0 Å². The van der Waals surface area contributed by atoms with Crippen molar-refractivity contribution in [2.75, 3.05) is 30.9 Å². The fourth-order valence-electron chi connectivity index (χ4n) is 1.93. The molecule has 1 N–H and O–H groups in total. The van der Waals surface area contributed by atoms with Crippen molar-refractivity contribution >= 4 is 28.9 Å². The predicted octanol–water partition coefficient (Wildman–Crippen LogP) is 3.42. The number of likely N-dealkylation sites (N-methyl/N-ethyl adjacent to an activating group) is 1. The van der Waals surface area contributed by atoms with Gasteiger partial charge in [0.25, 0.3) is 0 Å². The van der Waals surface area contributed by atoms with Crippen LogP contribution in [0.4, 0.5) is 11.4 Å². The number of hydrogen-bond donors (Lipinski definition) is 1. The second-order valence-electron chi connectivity index (χ2n) is 4.59. The van der Waals surface area contributed by atoms with Crippen molar-refractivity contribution in [3.8, 4) is 5.75 Å². The van der Waals surface area contributed by atoms with Crippen molar-refractivity contribution in [3.63, 3.8) is 0 Å². The summed E-state index contributed by atoms with van der Waals surface area (Å²) >= 11 is 6.03. The summed E-state index contributed by atoms with van der Waals surface area (Å²) in [7, 11) is 3.42. The third kappa shape index (κ3) is 4.13. The van der Waals surface area contributed by atoms with Crippen LogP contribution in [0.3, 0.4) is 0 Å². The number of halogens is 1. The molecule has 2 aromatic rings. The molecule has 0 aliphatic heterocycles. The Morgan fingerprint density at radius 3 is 2.57 bits per heavy atom. The molecule has 4 nitrogen and oxygen atoms in total. The number of hydrogen-bond acceptors (Lipinski definition) is 3. The molecular weight excluding hydrogens is 288 g/mol. The normalized spacial score (nSPS) is 10.0. The first kappa shape index (κ1) is 15.2. The molecule has 2 aromatic carbocycles. The van der Waals surface area contributed by atoms with Crippen molar-refractivity contribution in [3.05, 3.63) is 53.6 Å². The van der Waals surface area contributed by atoms with Gasteiger partial charge in [0, 0.05) is 18.4 Å². The second-order valence-corrected chi connectivity index (χ2v) is 5.00. The molecule has 0 radical (unpaired) electrons. The molecular formula is C16H17ClN2O2. The highest BCUT2D eigenvalue weighted by Crippen LogP contribution is 2.27. The minimum absolute atomic E-state index is 0.109. The lowest BCUT2D eigenvalue weighted by molar-refractivity contribution is -0.114. The van der Waals surface area contributed by atoms with Crippen LogP contribution < -0.4 is 15.0 Å². The van der Waals surface area contributed by atoms with Gasteiger partial charge in [-0.25, -0.2) is 0 Å². The highest BCUT2D eigenvalue weighted by atomic mass is 35.5. The van der Waals surface area contributed by atoms with Gasteiger partial charge in [-0.1, -0.05) is 29.8 Å². The average molecular weight is 305 g/mol. The van der Waals surface area contributed by atoms with Gasteiger partial charge in [0.2, 0.25) is 5.91 Å². The molecule has 0 heterocycles. The van der Waals surface area contributed by atoms with E-state index in [4.69, 9.17) is 16.3 Å². The lowest BCUT2D eigenvalue weighted by Gasteiger charge is -2.18. The van der Waals surface area contributed by atoms with E-state index >= 15 is 0 Å². The molecule has 110 valence electrons. The van der Waals surface area contributed by atoms with E-state index in [1.165, 1.54) is 0 Å². The summed E-state index contributed by atoms with van der Waals surface area (Å²) in [5, 5.41) is 3.28. The third-order valence-electron chi connectivity index (χ3n) is 3.01. The van der Waals surface area contributed by atoms with Crippen LogP contribution in [0.2, 0.25) is 5.02 Å². The number of nitrogens with one attached hydrogen (secondary N) is 1. The van der Waals surface area contributed by atoms with E-state index in [0.717, 1.165) is 5.69 Å². The number of nitrogens with zero attached hydrogens (tertiary/aromatic N) is 1. The Bertz CT molecular complexity index is 617. The Balaban J connectivity index is 1.97. The topological polar surface area (TPSA) is 41.6 Å². The monoisotopic (exact) mass is 304 g/mol. The third-order valence-corrected chi connectivity index (χ3v) is 3.31. The lowest BCUT2D eigenvalue weighted by Crippen LogP contribution is -2.29. The van der Waals surface area contributed by atoms with Crippen molar-refractivity contribution in [2.45, 2.75) is 0 Å².